The maximum atomic E-state index is 11.8. The third-order valence-corrected chi connectivity index (χ3v) is 2.88. The third kappa shape index (κ3) is 3.26. The number of H-pyrrole nitrogens is 1. The summed E-state index contributed by atoms with van der Waals surface area (Å²) in [5.74, 6) is 0.490. The topological polar surface area (TPSA) is 93.0 Å². The first-order valence-electron chi connectivity index (χ1n) is 6.43. The van der Waals surface area contributed by atoms with E-state index >= 15 is 0 Å². The summed E-state index contributed by atoms with van der Waals surface area (Å²) in [4.78, 5) is 11.8. The van der Waals surface area contributed by atoms with E-state index in [0.717, 1.165) is 10.9 Å². The number of hydrogen-bond donors (Lipinski definition) is 2. The highest BCUT2D eigenvalue weighted by Crippen LogP contribution is 2.16. The number of ether oxygens (including phenoxy) is 1. The summed E-state index contributed by atoms with van der Waals surface area (Å²) < 4.78 is 10.2. The number of anilines is 1. The van der Waals surface area contributed by atoms with Gasteiger partial charge < -0.3 is 14.6 Å². The Bertz CT molecular complexity index is 762. The molecule has 0 spiro atoms. The van der Waals surface area contributed by atoms with E-state index < -0.39 is 0 Å². The van der Waals surface area contributed by atoms with Crippen molar-refractivity contribution in [1.82, 2.24) is 15.4 Å². The molecule has 7 nitrogen and oxygen atoms in total. The van der Waals surface area contributed by atoms with E-state index in [1.54, 1.807) is 25.3 Å². The van der Waals surface area contributed by atoms with Crippen LogP contribution in [0.4, 0.5) is 5.69 Å². The molecule has 0 atom stereocenters. The van der Waals surface area contributed by atoms with Crippen LogP contribution in [0.2, 0.25) is 0 Å². The first kappa shape index (κ1) is 13.3. The highest BCUT2D eigenvalue weighted by molar-refractivity contribution is 5.94. The summed E-state index contributed by atoms with van der Waals surface area (Å²) in [7, 11) is 0. The van der Waals surface area contributed by atoms with Crippen LogP contribution in [0.3, 0.4) is 0 Å². The van der Waals surface area contributed by atoms with Crippen molar-refractivity contribution in [3.8, 4) is 0 Å². The van der Waals surface area contributed by atoms with E-state index in [1.165, 1.54) is 0 Å². The highest BCUT2D eigenvalue weighted by Gasteiger charge is 2.06. The van der Waals surface area contributed by atoms with Crippen LogP contribution < -0.4 is 5.32 Å². The number of carbonyl (C=O) groups excluding carboxylic acids is 1. The van der Waals surface area contributed by atoms with Crippen LogP contribution in [-0.4, -0.2) is 27.9 Å². The Hall–Kier alpha value is -2.67. The smallest absolute Gasteiger partial charge is 0.250 e. The normalized spacial score (nSPS) is 10.9. The fourth-order valence-corrected chi connectivity index (χ4v) is 1.95. The zero-order chi connectivity index (χ0) is 14.7. The minimum Gasteiger partial charge on any atom is -0.365 e. The molecule has 3 rings (SSSR count). The van der Waals surface area contributed by atoms with Gasteiger partial charge in [-0.3, -0.25) is 9.89 Å². The van der Waals surface area contributed by atoms with Gasteiger partial charge in [0.05, 0.1) is 18.3 Å². The molecule has 0 aliphatic heterocycles. The monoisotopic (exact) mass is 286 g/mol. The lowest BCUT2D eigenvalue weighted by atomic mass is 10.2. The van der Waals surface area contributed by atoms with Crippen molar-refractivity contribution in [1.29, 1.82) is 0 Å². The molecule has 3 aromatic rings. The van der Waals surface area contributed by atoms with E-state index in [2.05, 4.69) is 20.7 Å². The van der Waals surface area contributed by atoms with Crippen molar-refractivity contribution in [2.45, 2.75) is 13.5 Å². The summed E-state index contributed by atoms with van der Waals surface area (Å²) in [6, 6.07) is 7.28. The van der Waals surface area contributed by atoms with Crippen molar-refractivity contribution in [3.63, 3.8) is 0 Å². The van der Waals surface area contributed by atoms with Gasteiger partial charge in [0.25, 0.3) is 0 Å². The van der Waals surface area contributed by atoms with Crippen molar-refractivity contribution in [2.75, 3.05) is 11.9 Å². The van der Waals surface area contributed by atoms with Crippen LogP contribution in [0, 0.1) is 6.92 Å². The summed E-state index contributed by atoms with van der Waals surface area (Å²) in [5, 5.41) is 14.3. The van der Waals surface area contributed by atoms with E-state index in [0.29, 0.717) is 17.1 Å². The molecule has 1 aromatic carbocycles. The van der Waals surface area contributed by atoms with Crippen LogP contribution in [-0.2, 0) is 16.1 Å². The number of carbonyl (C=O) groups is 1. The molecule has 0 aliphatic carbocycles. The Morgan fingerprint density at radius 1 is 1.43 bits per heavy atom. The van der Waals surface area contributed by atoms with Gasteiger partial charge in [0.15, 0.2) is 0 Å². The third-order valence-electron chi connectivity index (χ3n) is 2.88. The Balaban J connectivity index is 1.51. The summed E-state index contributed by atoms with van der Waals surface area (Å²) in [6.07, 6.45) is 1.70. The van der Waals surface area contributed by atoms with E-state index in [9.17, 15) is 4.79 Å². The van der Waals surface area contributed by atoms with Crippen LogP contribution in [0.5, 0.6) is 0 Å². The van der Waals surface area contributed by atoms with Gasteiger partial charge in [-0.15, -0.1) is 0 Å². The number of amides is 1. The molecule has 0 radical (unpaired) electrons. The number of nitrogens with zero attached hydrogens (tertiary/aromatic N) is 2. The molecule has 0 bridgehead atoms. The molecule has 2 N–H and O–H groups in total. The van der Waals surface area contributed by atoms with E-state index in [1.807, 2.05) is 12.1 Å². The van der Waals surface area contributed by atoms with Crippen LogP contribution in [0.15, 0.2) is 35.0 Å². The van der Waals surface area contributed by atoms with Gasteiger partial charge in [0.1, 0.15) is 18.1 Å². The number of fused-ring (bicyclic) bond motifs is 1. The second-order valence-electron chi connectivity index (χ2n) is 4.64. The quantitative estimate of drug-likeness (QED) is 0.748. The van der Waals surface area contributed by atoms with Gasteiger partial charge in [0.2, 0.25) is 5.91 Å². The number of aromatic amines is 1. The van der Waals surface area contributed by atoms with Crippen molar-refractivity contribution >= 4 is 22.5 Å². The van der Waals surface area contributed by atoms with E-state index in [-0.39, 0.29) is 19.1 Å². The number of hydrogen-bond acceptors (Lipinski definition) is 5. The van der Waals surface area contributed by atoms with Crippen molar-refractivity contribution in [3.05, 3.63) is 41.9 Å². The lowest BCUT2D eigenvalue weighted by Crippen LogP contribution is -2.18. The number of rotatable bonds is 5. The molecule has 2 aromatic heterocycles. The van der Waals surface area contributed by atoms with Crippen molar-refractivity contribution in [2.24, 2.45) is 0 Å². The molecular formula is C14H14N4O3. The SMILES string of the molecule is Cc1cc(COCC(=O)Nc2ccc3[nH]ncc3c2)no1. The number of aromatic nitrogens is 3. The molecule has 21 heavy (non-hydrogen) atoms. The maximum absolute atomic E-state index is 11.8. The second kappa shape index (κ2) is 5.76. The van der Waals surface area contributed by atoms with E-state index in [4.69, 9.17) is 9.26 Å². The Morgan fingerprint density at radius 2 is 2.33 bits per heavy atom. The first-order valence-corrected chi connectivity index (χ1v) is 6.43. The van der Waals surface area contributed by atoms with Gasteiger partial charge in [-0.2, -0.15) is 5.10 Å². The molecule has 0 unspecified atom stereocenters. The van der Waals surface area contributed by atoms with Gasteiger partial charge in [-0.05, 0) is 25.1 Å². The lowest BCUT2D eigenvalue weighted by molar-refractivity contribution is -0.121. The summed E-state index contributed by atoms with van der Waals surface area (Å²) >= 11 is 0. The van der Waals surface area contributed by atoms with Crippen LogP contribution in [0.25, 0.3) is 10.9 Å². The molecule has 0 fully saturated rings. The molecule has 0 saturated carbocycles. The maximum Gasteiger partial charge on any atom is 0.250 e. The summed E-state index contributed by atoms with van der Waals surface area (Å²) in [5.41, 5.74) is 2.29. The Kier molecular flexibility index (Phi) is 3.65. The molecule has 7 heteroatoms. The zero-order valence-corrected chi connectivity index (χ0v) is 11.4. The minimum absolute atomic E-state index is 0.0463. The lowest BCUT2D eigenvalue weighted by Gasteiger charge is -2.05. The molecule has 1 amide bonds. The molecule has 2 heterocycles. The average Bonchev–Trinajstić information content (AvgIpc) is 3.07. The van der Waals surface area contributed by atoms with Crippen LogP contribution in [0.1, 0.15) is 11.5 Å². The predicted molar refractivity (Wildman–Crippen MR) is 75.6 cm³/mol. The minimum atomic E-state index is -0.224. The molecular weight excluding hydrogens is 272 g/mol. The van der Waals surface area contributed by atoms with Gasteiger partial charge in [0, 0.05) is 17.1 Å². The fourth-order valence-electron chi connectivity index (χ4n) is 1.95. The number of aryl methyl sites for hydroxylation is 1. The summed E-state index contributed by atoms with van der Waals surface area (Å²) in [6.45, 7) is 2.00. The second-order valence-corrected chi connectivity index (χ2v) is 4.64. The zero-order valence-electron chi connectivity index (χ0n) is 11.4. The fraction of sp³-hybridized carbons (Fsp3) is 0.214. The van der Waals surface area contributed by atoms with Crippen molar-refractivity contribution < 1.29 is 14.1 Å². The van der Waals surface area contributed by atoms with Crippen LogP contribution >= 0.6 is 0 Å². The Morgan fingerprint density at radius 3 is 3.14 bits per heavy atom. The molecule has 108 valence electrons. The molecule has 0 saturated heterocycles. The standard InChI is InChI=1S/C14H14N4O3/c1-9-4-12(18-21-9)7-20-8-14(19)16-11-2-3-13-10(5-11)6-15-17-13/h2-6H,7-8H2,1H3,(H,15,17)(H,16,19). The largest absolute Gasteiger partial charge is 0.365 e. The first-order chi connectivity index (χ1) is 10.2. The average molecular weight is 286 g/mol. The highest BCUT2D eigenvalue weighted by atomic mass is 16.5. The number of benzene rings is 1. The Labute approximate surface area is 120 Å². The molecule has 0 aliphatic rings. The van der Waals surface area contributed by atoms with Gasteiger partial charge >= 0.3 is 0 Å². The predicted octanol–water partition coefficient (Wildman–Crippen LogP) is 2.01. The van der Waals surface area contributed by atoms with Gasteiger partial charge in [-0.1, -0.05) is 5.16 Å². The number of nitrogens with one attached hydrogen (secondary N) is 2. The van der Waals surface area contributed by atoms with Gasteiger partial charge in [-0.25, -0.2) is 0 Å².